The van der Waals surface area contributed by atoms with E-state index in [-0.39, 0.29) is 11.9 Å². The Morgan fingerprint density at radius 3 is 2.49 bits per heavy atom. The third kappa shape index (κ3) is 4.93. The second-order valence-electron chi connectivity index (χ2n) is 9.33. The Morgan fingerprint density at radius 2 is 1.65 bits per heavy atom. The largest absolute Gasteiger partial charge is 0.367 e. The third-order valence-electron chi connectivity index (χ3n) is 7.07. The van der Waals surface area contributed by atoms with Crippen molar-refractivity contribution in [3.05, 3.63) is 114 Å². The number of halogens is 1. The molecule has 0 unspecified atom stereocenters. The molecule has 37 heavy (non-hydrogen) atoms. The Balaban J connectivity index is 1.31. The van der Waals surface area contributed by atoms with Gasteiger partial charge < -0.3 is 4.90 Å². The highest BCUT2D eigenvalue weighted by molar-refractivity contribution is 5.79. The average molecular weight is 494 g/mol. The lowest BCUT2D eigenvalue weighted by Gasteiger charge is -2.40. The number of aromatic nitrogens is 5. The maximum absolute atomic E-state index is 14.5. The Hall–Kier alpha value is -4.17. The van der Waals surface area contributed by atoms with Crippen LogP contribution >= 0.6 is 0 Å². The third-order valence-corrected chi connectivity index (χ3v) is 7.07. The number of piperazine rings is 1. The number of benzene rings is 3. The Labute approximate surface area is 215 Å². The number of fused-ring (bicyclic) bond motifs is 1. The maximum Gasteiger partial charge on any atom is 0.173 e. The maximum atomic E-state index is 14.5. The van der Waals surface area contributed by atoms with Crippen LogP contribution in [0.15, 0.2) is 91.1 Å². The highest BCUT2D eigenvalue weighted by Gasteiger charge is 2.31. The van der Waals surface area contributed by atoms with Crippen LogP contribution in [-0.4, -0.2) is 56.3 Å². The fraction of sp³-hybridized carbons (Fsp3) is 0.241. The fourth-order valence-corrected chi connectivity index (χ4v) is 5.16. The van der Waals surface area contributed by atoms with Crippen LogP contribution in [0.5, 0.6) is 0 Å². The molecule has 0 N–H and O–H groups in total. The lowest BCUT2D eigenvalue weighted by molar-refractivity contribution is 0.200. The van der Waals surface area contributed by atoms with E-state index < -0.39 is 0 Å². The van der Waals surface area contributed by atoms with Crippen LogP contribution in [0.4, 0.5) is 10.1 Å². The van der Waals surface area contributed by atoms with Gasteiger partial charge in [-0.2, -0.15) is 0 Å². The van der Waals surface area contributed by atoms with E-state index in [4.69, 9.17) is 0 Å². The summed E-state index contributed by atoms with van der Waals surface area (Å²) in [5.41, 5.74) is 3.98. The number of hydrogen-bond acceptors (Lipinski definition) is 6. The molecule has 5 aromatic rings. The number of rotatable bonds is 7. The van der Waals surface area contributed by atoms with Gasteiger partial charge in [-0.3, -0.25) is 9.88 Å². The standard InChI is InChI=1S/C29H28FN7/c30-25-10-4-5-11-27(25)35-17-19-36(20-18-35)28(24-12-13-26-23(21-24)9-6-15-31-26)29-32-33-34-37(29)16-14-22-7-2-1-3-8-22/h1-13,15,21,28H,14,16-20H2/t28-/m0/s1. The first-order valence-corrected chi connectivity index (χ1v) is 12.6. The Morgan fingerprint density at radius 1 is 0.838 bits per heavy atom. The minimum Gasteiger partial charge on any atom is -0.367 e. The predicted octanol–water partition coefficient (Wildman–Crippen LogP) is 4.51. The number of pyridine rings is 1. The molecule has 0 bridgehead atoms. The Bertz CT molecular complexity index is 1480. The fourth-order valence-electron chi connectivity index (χ4n) is 5.16. The number of nitrogens with zero attached hydrogens (tertiary/aromatic N) is 7. The Kier molecular flexibility index (Phi) is 6.56. The number of para-hydroxylation sites is 1. The van der Waals surface area contributed by atoms with Gasteiger partial charge in [-0.25, -0.2) is 9.07 Å². The van der Waals surface area contributed by atoms with Crippen molar-refractivity contribution < 1.29 is 4.39 Å². The summed E-state index contributed by atoms with van der Waals surface area (Å²) in [6.45, 7) is 3.65. The first kappa shape index (κ1) is 23.2. The molecule has 0 saturated carbocycles. The molecule has 0 aliphatic carbocycles. The number of tetrazole rings is 1. The molecule has 1 fully saturated rings. The minimum absolute atomic E-state index is 0.127. The van der Waals surface area contributed by atoms with Gasteiger partial charge in [-0.05, 0) is 58.3 Å². The number of aryl methyl sites for hydroxylation is 2. The zero-order valence-electron chi connectivity index (χ0n) is 20.5. The van der Waals surface area contributed by atoms with Crippen LogP contribution < -0.4 is 4.90 Å². The van der Waals surface area contributed by atoms with Crippen LogP contribution in [0.1, 0.15) is 23.0 Å². The number of anilines is 1. The first-order chi connectivity index (χ1) is 18.3. The van der Waals surface area contributed by atoms with Crippen molar-refractivity contribution in [1.82, 2.24) is 30.1 Å². The minimum atomic E-state index is -0.181. The van der Waals surface area contributed by atoms with E-state index in [1.54, 1.807) is 6.07 Å². The van der Waals surface area contributed by atoms with Gasteiger partial charge in [-0.1, -0.05) is 54.6 Å². The SMILES string of the molecule is Fc1ccccc1N1CCN([C@@H](c2ccc3ncccc3c2)c2nnnn2CCc2ccccc2)CC1. The molecule has 3 heterocycles. The molecule has 0 radical (unpaired) electrons. The van der Waals surface area contributed by atoms with Crippen LogP contribution in [0, 0.1) is 5.82 Å². The summed E-state index contributed by atoms with van der Waals surface area (Å²) in [6.07, 6.45) is 2.65. The second-order valence-corrected chi connectivity index (χ2v) is 9.33. The summed E-state index contributed by atoms with van der Waals surface area (Å²) in [7, 11) is 0. The zero-order valence-corrected chi connectivity index (χ0v) is 20.5. The second kappa shape index (κ2) is 10.4. The topological polar surface area (TPSA) is 63.0 Å². The molecule has 1 aliphatic heterocycles. The summed E-state index contributed by atoms with van der Waals surface area (Å²) in [4.78, 5) is 9.01. The van der Waals surface area contributed by atoms with Gasteiger partial charge in [-0.15, -0.1) is 5.10 Å². The van der Waals surface area contributed by atoms with Gasteiger partial charge in [0.2, 0.25) is 0 Å². The van der Waals surface area contributed by atoms with Crippen molar-refractivity contribution in [3.63, 3.8) is 0 Å². The van der Waals surface area contributed by atoms with E-state index in [1.165, 1.54) is 11.6 Å². The van der Waals surface area contributed by atoms with Gasteiger partial charge in [0.25, 0.3) is 0 Å². The summed E-state index contributed by atoms with van der Waals surface area (Å²) < 4.78 is 16.4. The van der Waals surface area contributed by atoms with E-state index in [0.29, 0.717) is 12.2 Å². The quantitative estimate of drug-likeness (QED) is 0.332. The van der Waals surface area contributed by atoms with E-state index in [9.17, 15) is 4.39 Å². The summed E-state index contributed by atoms with van der Waals surface area (Å²) in [6, 6.07) is 27.7. The van der Waals surface area contributed by atoms with Gasteiger partial charge in [0.05, 0.1) is 17.2 Å². The summed E-state index contributed by atoms with van der Waals surface area (Å²) >= 11 is 0. The predicted molar refractivity (Wildman–Crippen MR) is 142 cm³/mol. The van der Waals surface area contributed by atoms with Crippen molar-refractivity contribution in [2.45, 2.75) is 19.0 Å². The molecule has 2 aromatic heterocycles. The van der Waals surface area contributed by atoms with E-state index in [1.807, 2.05) is 35.1 Å². The number of hydrogen-bond donors (Lipinski definition) is 0. The van der Waals surface area contributed by atoms with E-state index in [0.717, 1.165) is 54.9 Å². The lowest BCUT2D eigenvalue weighted by Crippen LogP contribution is -2.48. The molecular weight excluding hydrogens is 465 g/mol. The molecule has 1 atom stereocenters. The van der Waals surface area contributed by atoms with E-state index in [2.05, 4.69) is 78.8 Å². The molecule has 0 amide bonds. The van der Waals surface area contributed by atoms with Gasteiger partial charge in [0.1, 0.15) is 5.82 Å². The van der Waals surface area contributed by atoms with Gasteiger partial charge in [0, 0.05) is 44.3 Å². The van der Waals surface area contributed by atoms with Crippen molar-refractivity contribution in [2.75, 3.05) is 31.1 Å². The van der Waals surface area contributed by atoms with Crippen LogP contribution in [0.3, 0.4) is 0 Å². The molecule has 0 spiro atoms. The smallest absolute Gasteiger partial charge is 0.173 e. The van der Waals surface area contributed by atoms with Crippen molar-refractivity contribution in [3.8, 4) is 0 Å². The molecule has 1 saturated heterocycles. The van der Waals surface area contributed by atoms with Crippen molar-refractivity contribution in [1.29, 1.82) is 0 Å². The lowest BCUT2D eigenvalue weighted by atomic mass is 10.0. The highest BCUT2D eigenvalue weighted by atomic mass is 19.1. The normalized spacial score (nSPS) is 15.2. The van der Waals surface area contributed by atoms with Crippen molar-refractivity contribution in [2.24, 2.45) is 0 Å². The molecule has 1 aliphatic rings. The molecule has 3 aromatic carbocycles. The monoisotopic (exact) mass is 493 g/mol. The summed E-state index contributed by atoms with van der Waals surface area (Å²) in [5.74, 6) is 0.637. The van der Waals surface area contributed by atoms with Gasteiger partial charge in [0.15, 0.2) is 5.82 Å². The zero-order chi connectivity index (χ0) is 25.0. The highest BCUT2D eigenvalue weighted by Crippen LogP contribution is 2.31. The van der Waals surface area contributed by atoms with Crippen LogP contribution in [0.25, 0.3) is 10.9 Å². The summed E-state index contributed by atoms with van der Waals surface area (Å²) in [5, 5.41) is 14.0. The average Bonchev–Trinajstić information content (AvgIpc) is 3.41. The van der Waals surface area contributed by atoms with Gasteiger partial charge >= 0.3 is 0 Å². The van der Waals surface area contributed by atoms with Crippen LogP contribution in [-0.2, 0) is 13.0 Å². The molecule has 186 valence electrons. The molecule has 8 heteroatoms. The molecular formula is C29H28FN7. The first-order valence-electron chi connectivity index (χ1n) is 12.6. The van der Waals surface area contributed by atoms with Crippen LogP contribution in [0.2, 0.25) is 0 Å². The van der Waals surface area contributed by atoms with Crippen molar-refractivity contribution >= 4 is 16.6 Å². The molecule has 7 nitrogen and oxygen atoms in total. The molecule has 6 rings (SSSR count). The van der Waals surface area contributed by atoms with E-state index >= 15 is 0 Å².